The van der Waals surface area contributed by atoms with Crippen molar-refractivity contribution in [3.05, 3.63) is 77.1 Å². The highest BCUT2D eigenvalue weighted by molar-refractivity contribution is 5.83. The number of carbonyl (C=O) groups is 1. The zero-order valence-electron chi connectivity index (χ0n) is 19.5. The van der Waals surface area contributed by atoms with Gasteiger partial charge in [0.15, 0.2) is 23.6 Å². The van der Waals surface area contributed by atoms with Gasteiger partial charge in [0.05, 0.1) is 37.5 Å². The summed E-state index contributed by atoms with van der Waals surface area (Å²) in [6.45, 7) is 3.87. The maximum Gasteiger partial charge on any atom is 0.255 e. The number of aromatic nitrogens is 2. The lowest BCUT2D eigenvalue weighted by molar-refractivity contribution is -0.167. The second-order valence-corrected chi connectivity index (χ2v) is 8.34. The molecule has 3 atom stereocenters. The van der Waals surface area contributed by atoms with Crippen LogP contribution in [0, 0.1) is 24.4 Å². The van der Waals surface area contributed by atoms with Crippen molar-refractivity contribution in [1.29, 1.82) is 0 Å². The van der Waals surface area contributed by atoms with Crippen LogP contribution in [0.15, 0.2) is 42.9 Å². The molecule has 2 aromatic carbocycles. The summed E-state index contributed by atoms with van der Waals surface area (Å²) in [5.41, 5.74) is 2.06. The quantitative estimate of drug-likeness (QED) is 0.508. The standard InChI is InChI=1S/C25H26F3N3O4/c1-4-19(16-9-17(26)22(28)18(27)10-16)31-7-8-35-24(25(31)33)23(32)15-5-6-20(21(11-15)34-3)30-12-14(2)29-13-30/h5-6,9-13,19,23-24,32H,4,7-8H2,1-3H3. The Morgan fingerprint density at radius 2 is 1.91 bits per heavy atom. The molecule has 1 aromatic heterocycles. The third-order valence-corrected chi connectivity index (χ3v) is 6.13. The van der Waals surface area contributed by atoms with E-state index in [1.807, 2.05) is 13.1 Å². The highest BCUT2D eigenvalue weighted by Crippen LogP contribution is 2.34. The molecule has 3 aromatic rings. The fraction of sp³-hybridized carbons (Fsp3) is 0.360. The van der Waals surface area contributed by atoms with Gasteiger partial charge in [-0.1, -0.05) is 13.0 Å². The number of methoxy groups -OCH3 is 1. The number of morpholine rings is 1. The molecule has 1 amide bonds. The number of imidazole rings is 1. The molecule has 0 radical (unpaired) electrons. The lowest BCUT2D eigenvalue weighted by Crippen LogP contribution is -2.51. The van der Waals surface area contributed by atoms with Crippen LogP contribution in [-0.4, -0.2) is 51.8 Å². The molecule has 1 fully saturated rings. The number of halogens is 3. The summed E-state index contributed by atoms with van der Waals surface area (Å²) >= 11 is 0. The van der Waals surface area contributed by atoms with Gasteiger partial charge in [0.25, 0.3) is 5.91 Å². The fourth-order valence-corrected chi connectivity index (χ4v) is 4.38. The molecule has 1 saturated heterocycles. The van der Waals surface area contributed by atoms with E-state index in [1.54, 1.807) is 36.0 Å². The van der Waals surface area contributed by atoms with E-state index in [0.717, 1.165) is 17.8 Å². The van der Waals surface area contributed by atoms with Gasteiger partial charge in [0, 0.05) is 12.7 Å². The number of hydrogen-bond donors (Lipinski definition) is 1. The average molecular weight is 489 g/mol. The molecule has 2 heterocycles. The molecule has 1 aliphatic rings. The Morgan fingerprint density at radius 1 is 1.20 bits per heavy atom. The van der Waals surface area contributed by atoms with Crippen molar-refractivity contribution in [2.45, 2.75) is 38.5 Å². The molecule has 3 unspecified atom stereocenters. The number of amides is 1. The summed E-state index contributed by atoms with van der Waals surface area (Å²) in [5, 5.41) is 11.1. The second-order valence-electron chi connectivity index (χ2n) is 8.34. The van der Waals surface area contributed by atoms with E-state index in [4.69, 9.17) is 9.47 Å². The van der Waals surface area contributed by atoms with E-state index < -0.39 is 41.6 Å². The van der Waals surface area contributed by atoms with Gasteiger partial charge in [-0.25, -0.2) is 18.2 Å². The summed E-state index contributed by atoms with van der Waals surface area (Å²) in [4.78, 5) is 18.9. The zero-order valence-corrected chi connectivity index (χ0v) is 19.5. The lowest BCUT2D eigenvalue weighted by Gasteiger charge is -2.39. The van der Waals surface area contributed by atoms with Crippen LogP contribution in [0.4, 0.5) is 13.2 Å². The van der Waals surface area contributed by atoms with Gasteiger partial charge in [-0.2, -0.15) is 0 Å². The zero-order chi connectivity index (χ0) is 25.3. The molecular weight excluding hydrogens is 463 g/mol. The molecule has 0 aliphatic carbocycles. The third-order valence-electron chi connectivity index (χ3n) is 6.13. The van der Waals surface area contributed by atoms with Gasteiger partial charge >= 0.3 is 0 Å². The average Bonchev–Trinajstić information content (AvgIpc) is 3.29. The van der Waals surface area contributed by atoms with E-state index in [-0.39, 0.29) is 18.7 Å². The number of aliphatic hydroxyl groups is 1. The van der Waals surface area contributed by atoms with Crippen molar-refractivity contribution in [3.8, 4) is 11.4 Å². The number of ether oxygens (including phenoxy) is 2. The molecule has 1 N–H and O–H groups in total. The van der Waals surface area contributed by atoms with Gasteiger partial charge in [-0.3, -0.25) is 4.79 Å². The van der Waals surface area contributed by atoms with Crippen LogP contribution in [0.1, 0.15) is 42.3 Å². The molecule has 1 aliphatic heterocycles. The van der Waals surface area contributed by atoms with Crippen molar-refractivity contribution in [2.75, 3.05) is 20.3 Å². The van der Waals surface area contributed by atoms with Crippen LogP contribution in [0.5, 0.6) is 5.75 Å². The summed E-state index contributed by atoms with van der Waals surface area (Å²) in [7, 11) is 1.50. The van der Waals surface area contributed by atoms with Gasteiger partial charge in [-0.15, -0.1) is 0 Å². The minimum atomic E-state index is -1.56. The summed E-state index contributed by atoms with van der Waals surface area (Å²) in [6, 6.07) is 6.09. The van der Waals surface area contributed by atoms with E-state index in [2.05, 4.69) is 4.98 Å². The van der Waals surface area contributed by atoms with Crippen LogP contribution < -0.4 is 4.74 Å². The molecule has 7 nitrogen and oxygen atoms in total. The molecular formula is C25H26F3N3O4. The predicted octanol–water partition coefficient (Wildman–Crippen LogP) is 4.02. The molecule has 4 rings (SSSR count). The van der Waals surface area contributed by atoms with E-state index in [0.29, 0.717) is 23.4 Å². The molecule has 186 valence electrons. The number of rotatable bonds is 7. The molecule has 0 bridgehead atoms. The SMILES string of the molecule is CCC(c1cc(F)c(F)c(F)c1)N1CCOC(C(O)c2ccc(-n3cnc(C)c3)c(OC)c2)C1=O. The fourth-order valence-electron chi connectivity index (χ4n) is 4.38. The van der Waals surface area contributed by atoms with Crippen LogP contribution >= 0.6 is 0 Å². The van der Waals surface area contributed by atoms with Crippen LogP contribution in [0.2, 0.25) is 0 Å². The Bertz CT molecular complexity index is 1210. The Balaban J connectivity index is 1.60. The van der Waals surface area contributed by atoms with Crippen LogP contribution in [-0.2, 0) is 9.53 Å². The molecule has 0 saturated carbocycles. The lowest BCUT2D eigenvalue weighted by atomic mass is 9.97. The van der Waals surface area contributed by atoms with Crippen molar-refractivity contribution in [2.24, 2.45) is 0 Å². The third kappa shape index (κ3) is 4.76. The van der Waals surface area contributed by atoms with E-state index in [9.17, 15) is 23.1 Å². The summed E-state index contributed by atoms with van der Waals surface area (Å²) in [6.07, 6.45) is 1.23. The number of aryl methyl sites for hydroxylation is 1. The topological polar surface area (TPSA) is 76.8 Å². The number of nitrogens with zero attached hydrogens (tertiary/aromatic N) is 3. The number of hydrogen-bond acceptors (Lipinski definition) is 5. The highest BCUT2D eigenvalue weighted by Gasteiger charge is 2.39. The monoisotopic (exact) mass is 489 g/mol. The summed E-state index contributed by atoms with van der Waals surface area (Å²) in [5.74, 6) is -4.28. The molecule has 10 heteroatoms. The summed E-state index contributed by atoms with van der Waals surface area (Å²) < 4.78 is 54.0. The maximum atomic E-state index is 13.9. The number of carbonyl (C=O) groups excluding carboxylic acids is 1. The highest BCUT2D eigenvalue weighted by atomic mass is 19.2. The predicted molar refractivity (Wildman–Crippen MR) is 121 cm³/mol. The minimum Gasteiger partial charge on any atom is -0.495 e. The first kappa shape index (κ1) is 24.7. The maximum absolute atomic E-state index is 13.9. The van der Waals surface area contributed by atoms with Crippen LogP contribution in [0.3, 0.4) is 0 Å². The van der Waals surface area contributed by atoms with E-state index in [1.165, 1.54) is 12.0 Å². The van der Waals surface area contributed by atoms with Crippen molar-refractivity contribution in [3.63, 3.8) is 0 Å². The Kier molecular flexibility index (Phi) is 7.13. The molecule has 35 heavy (non-hydrogen) atoms. The van der Waals surface area contributed by atoms with Crippen LogP contribution in [0.25, 0.3) is 5.69 Å². The van der Waals surface area contributed by atoms with Gasteiger partial charge in [0.1, 0.15) is 11.9 Å². The van der Waals surface area contributed by atoms with Gasteiger partial charge < -0.3 is 24.0 Å². The van der Waals surface area contributed by atoms with Crippen molar-refractivity contribution >= 4 is 5.91 Å². The normalized spacial score (nSPS) is 18.0. The largest absolute Gasteiger partial charge is 0.495 e. The Hall–Kier alpha value is -3.37. The first-order valence-corrected chi connectivity index (χ1v) is 11.2. The van der Waals surface area contributed by atoms with E-state index >= 15 is 0 Å². The van der Waals surface area contributed by atoms with Crippen molar-refractivity contribution < 1.29 is 32.5 Å². The number of benzene rings is 2. The number of aliphatic hydroxyl groups excluding tert-OH is 1. The Labute approximate surface area is 200 Å². The molecule has 0 spiro atoms. The Morgan fingerprint density at radius 3 is 2.51 bits per heavy atom. The first-order valence-electron chi connectivity index (χ1n) is 11.2. The van der Waals surface area contributed by atoms with Gasteiger partial charge in [-0.05, 0) is 48.7 Å². The van der Waals surface area contributed by atoms with Crippen molar-refractivity contribution in [1.82, 2.24) is 14.5 Å². The second kappa shape index (κ2) is 10.1. The van der Waals surface area contributed by atoms with Gasteiger partial charge in [0.2, 0.25) is 0 Å². The smallest absolute Gasteiger partial charge is 0.255 e. The minimum absolute atomic E-state index is 0.111. The first-order chi connectivity index (χ1) is 16.7.